The number of amides is 4. The Labute approximate surface area is 202 Å². The Hall–Kier alpha value is -3.52. The highest BCUT2D eigenvalue weighted by molar-refractivity contribution is 5.94. The first-order valence-electron chi connectivity index (χ1n) is 11.1. The summed E-state index contributed by atoms with van der Waals surface area (Å²) in [6, 6.07) is -5.06. The summed E-state index contributed by atoms with van der Waals surface area (Å²) in [5.74, 6) is -4.43. The van der Waals surface area contributed by atoms with E-state index in [1.54, 1.807) is 13.8 Å². The van der Waals surface area contributed by atoms with Crippen LogP contribution in [0.4, 0.5) is 0 Å². The summed E-state index contributed by atoms with van der Waals surface area (Å²) < 4.78 is 0. The highest BCUT2D eigenvalue weighted by atomic mass is 16.4. The van der Waals surface area contributed by atoms with Crippen LogP contribution in [0, 0.1) is 5.92 Å². The number of carboxylic acid groups (broad SMARTS) is 1. The number of aliphatic carboxylic acids is 1. The number of aliphatic hydroxyl groups excluding tert-OH is 1. The first kappa shape index (κ1) is 29.5. The Morgan fingerprint density at radius 1 is 1.00 bits per heavy atom. The number of H-pyrrole nitrogens is 1. The molecule has 0 bridgehead atoms. The van der Waals surface area contributed by atoms with Crippen LogP contribution in [0.25, 0.3) is 0 Å². The molecule has 5 unspecified atom stereocenters. The molecule has 0 spiro atoms. The van der Waals surface area contributed by atoms with Gasteiger partial charge in [-0.1, -0.05) is 13.8 Å². The van der Waals surface area contributed by atoms with Gasteiger partial charge in [-0.2, -0.15) is 0 Å². The minimum atomic E-state index is -1.31. The van der Waals surface area contributed by atoms with E-state index in [2.05, 4.69) is 25.9 Å². The third-order valence-electron chi connectivity index (χ3n) is 5.07. The van der Waals surface area contributed by atoms with Crippen molar-refractivity contribution in [2.75, 3.05) is 0 Å². The molecule has 14 heteroatoms. The number of carbonyl (C=O) groups excluding carboxylic acids is 4. The zero-order valence-electron chi connectivity index (χ0n) is 20.0. The Kier molecular flexibility index (Phi) is 11.8. The maximum Gasteiger partial charge on any atom is 0.326 e. The molecule has 0 radical (unpaired) electrons. The average molecular weight is 498 g/mol. The molecule has 4 amide bonds. The van der Waals surface area contributed by atoms with Crippen molar-refractivity contribution >= 4 is 29.6 Å². The molecule has 0 aromatic carbocycles. The molecule has 1 heterocycles. The highest BCUT2D eigenvalue weighted by Gasteiger charge is 2.31. The predicted octanol–water partition coefficient (Wildman–Crippen LogP) is -2.49. The van der Waals surface area contributed by atoms with Crippen LogP contribution in [0.1, 0.15) is 45.7 Å². The fourth-order valence-corrected chi connectivity index (χ4v) is 3.11. The summed E-state index contributed by atoms with van der Waals surface area (Å²) in [6.07, 6.45) is 1.25. The molecule has 1 aromatic rings. The lowest BCUT2D eigenvalue weighted by Gasteiger charge is -2.25. The minimum Gasteiger partial charge on any atom is -0.480 e. The van der Waals surface area contributed by atoms with Crippen LogP contribution in [0.15, 0.2) is 12.5 Å². The van der Waals surface area contributed by atoms with Crippen molar-refractivity contribution in [2.24, 2.45) is 17.4 Å². The maximum absolute atomic E-state index is 13.1. The maximum atomic E-state index is 13.1. The van der Waals surface area contributed by atoms with Crippen LogP contribution in [-0.4, -0.2) is 80.1 Å². The fraction of sp³-hybridized carbons (Fsp3) is 0.619. The zero-order valence-corrected chi connectivity index (χ0v) is 20.0. The van der Waals surface area contributed by atoms with E-state index in [9.17, 15) is 34.2 Å². The molecule has 0 aliphatic heterocycles. The van der Waals surface area contributed by atoms with E-state index in [0.29, 0.717) is 5.69 Å². The monoisotopic (exact) mass is 497 g/mol. The van der Waals surface area contributed by atoms with Crippen LogP contribution in [-0.2, 0) is 30.4 Å². The van der Waals surface area contributed by atoms with Gasteiger partial charge in [0, 0.05) is 24.7 Å². The van der Waals surface area contributed by atoms with Gasteiger partial charge in [-0.05, 0) is 25.7 Å². The van der Waals surface area contributed by atoms with Crippen LogP contribution in [0.3, 0.4) is 0 Å². The van der Waals surface area contributed by atoms with Crippen LogP contribution in [0.2, 0.25) is 0 Å². The number of primary amides is 1. The van der Waals surface area contributed by atoms with E-state index in [-0.39, 0.29) is 31.6 Å². The Morgan fingerprint density at radius 3 is 2.06 bits per heavy atom. The summed E-state index contributed by atoms with van der Waals surface area (Å²) in [7, 11) is 0. The van der Waals surface area contributed by atoms with Gasteiger partial charge in [-0.15, -0.1) is 0 Å². The molecule has 5 atom stereocenters. The Bertz CT molecular complexity index is 873. The third kappa shape index (κ3) is 10.5. The molecule has 0 saturated carbocycles. The molecule has 1 aromatic heterocycles. The van der Waals surface area contributed by atoms with E-state index in [4.69, 9.17) is 11.5 Å². The largest absolute Gasteiger partial charge is 0.480 e. The van der Waals surface area contributed by atoms with Gasteiger partial charge in [-0.25, -0.2) is 9.78 Å². The number of aromatic amines is 1. The van der Waals surface area contributed by atoms with E-state index in [0.717, 1.165) is 0 Å². The highest BCUT2D eigenvalue weighted by Crippen LogP contribution is 2.08. The van der Waals surface area contributed by atoms with Gasteiger partial charge in [0.15, 0.2) is 0 Å². The minimum absolute atomic E-state index is 0.0396. The number of carbonyl (C=O) groups is 5. The summed E-state index contributed by atoms with van der Waals surface area (Å²) in [6.45, 7) is 4.89. The number of rotatable bonds is 15. The quantitative estimate of drug-likeness (QED) is 0.128. The van der Waals surface area contributed by atoms with Crippen molar-refractivity contribution in [1.29, 1.82) is 0 Å². The van der Waals surface area contributed by atoms with Gasteiger partial charge < -0.3 is 42.6 Å². The second kappa shape index (κ2) is 14.0. The first-order chi connectivity index (χ1) is 16.3. The lowest BCUT2D eigenvalue weighted by Crippen LogP contribution is -2.58. The molecule has 35 heavy (non-hydrogen) atoms. The summed E-state index contributed by atoms with van der Waals surface area (Å²) in [5, 5.41) is 26.3. The van der Waals surface area contributed by atoms with Crippen molar-refractivity contribution in [3.8, 4) is 0 Å². The van der Waals surface area contributed by atoms with E-state index < -0.39 is 59.9 Å². The lowest BCUT2D eigenvalue weighted by atomic mass is 10.0. The normalized spacial score (nSPS) is 15.4. The smallest absolute Gasteiger partial charge is 0.326 e. The molecular formula is C21H35N7O7. The number of nitrogens with two attached hydrogens (primary N) is 2. The van der Waals surface area contributed by atoms with Crippen molar-refractivity contribution < 1.29 is 34.2 Å². The second-order valence-corrected chi connectivity index (χ2v) is 8.70. The molecule has 0 fully saturated rings. The van der Waals surface area contributed by atoms with Gasteiger partial charge in [0.25, 0.3) is 0 Å². The molecular weight excluding hydrogens is 462 g/mol. The van der Waals surface area contributed by atoms with Crippen LogP contribution < -0.4 is 27.4 Å². The molecule has 0 saturated heterocycles. The molecule has 196 valence electrons. The summed E-state index contributed by atoms with van der Waals surface area (Å²) >= 11 is 0. The van der Waals surface area contributed by atoms with E-state index in [1.807, 2.05) is 0 Å². The number of imidazole rings is 1. The summed E-state index contributed by atoms with van der Waals surface area (Å²) in [4.78, 5) is 67.8. The first-order valence-corrected chi connectivity index (χ1v) is 11.1. The standard InChI is InChI=1S/C21H35N7O7/c1-10(2)6-15(21(34)35)28-18(31)13(4-5-16(22)30)26-19(32)14(7-12-8-24-9-25-12)27-20(33)17(23)11(3)29/h8-11,13-15,17,29H,4-7,23H2,1-3H3,(H2,22,30)(H,24,25)(H,26,32)(H,27,33)(H,28,31)(H,34,35). The number of hydrogen-bond donors (Lipinski definition) is 8. The van der Waals surface area contributed by atoms with E-state index >= 15 is 0 Å². The van der Waals surface area contributed by atoms with Crippen molar-refractivity contribution in [1.82, 2.24) is 25.9 Å². The van der Waals surface area contributed by atoms with Crippen LogP contribution >= 0.6 is 0 Å². The van der Waals surface area contributed by atoms with Crippen molar-refractivity contribution in [3.63, 3.8) is 0 Å². The number of nitrogens with one attached hydrogen (secondary N) is 4. The van der Waals surface area contributed by atoms with Gasteiger partial charge in [0.1, 0.15) is 24.2 Å². The Morgan fingerprint density at radius 2 is 1.57 bits per heavy atom. The van der Waals surface area contributed by atoms with Crippen LogP contribution in [0.5, 0.6) is 0 Å². The van der Waals surface area contributed by atoms with Crippen molar-refractivity contribution in [2.45, 2.75) is 76.7 Å². The van der Waals surface area contributed by atoms with Gasteiger partial charge in [0.2, 0.25) is 23.6 Å². The third-order valence-corrected chi connectivity index (χ3v) is 5.07. The second-order valence-electron chi connectivity index (χ2n) is 8.70. The molecule has 0 aliphatic rings. The average Bonchev–Trinajstić information content (AvgIpc) is 3.27. The topological polar surface area (TPSA) is 243 Å². The predicted molar refractivity (Wildman–Crippen MR) is 123 cm³/mol. The number of aliphatic hydroxyl groups is 1. The SMILES string of the molecule is CC(C)CC(NC(=O)C(CCC(N)=O)NC(=O)C(Cc1cnc[nH]1)NC(=O)C(N)C(C)O)C(=O)O. The lowest BCUT2D eigenvalue weighted by molar-refractivity contribution is -0.143. The molecule has 14 nitrogen and oxygen atoms in total. The summed E-state index contributed by atoms with van der Waals surface area (Å²) in [5.41, 5.74) is 11.3. The van der Waals surface area contributed by atoms with E-state index in [1.165, 1.54) is 19.4 Å². The fourth-order valence-electron chi connectivity index (χ4n) is 3.11. The molecule has 10 N–H and O–H groups in total. The number of hydrogen-bond acceptors (Lipinski definition) is 8. The number of nitrogens with zero attached hydrogens (tertiary/aromatic N) is 1. The van der Waals surface area contributed by atoms with Gasteiger partial charge in [0.05, 0.1) is 12.4 Å². The van der Waals surface area contributed by atoms with Gasteiger partial charge in [-0.3, -0.25) is 19.2 Å². The number of aromatic nitrogens is 2. The van der Waals surface area contributed by atoms with Crippen molar-refractivity contribution in [3.05, 3.63) is 18.2 Å². The molecule has 0 aliphatic carbocycles. The Balaban J connectivity index is 3.08. The number of carboxylic acids is 1. The zero-order chi connectivity index (χ0) is 26.7. The van der Waals surface area contributed by atoms with Gasteiger partial charge >= 0.3 is 5.97 Å². The molecule has 1 rings (SSSR count).